The van der Waals surface area contributed by atoms with Gasteiger partial charge in [-0.25, -0.2) is 4.98 Å². The molecule has 39 heavy (non-hydrogen) atoms. The number of hydrogen-bond acceptors (Lipinski definition) is 5. The van der Waals surface area contributed by atoms with Gasteiger partial charge in [-0.3, -0.25) is 4.79 Å². The molecule has 0 saturated heterocycles. The van der Waals surface area contributed by atoms with Gasteiger partial charge in [-0.1, -0.05) is 35.9 Å². The van der Waals surface area contributed by atoms with Crippen LogP contribution >= 0.6 is 11.6 Å². The van der Waals surface area contributed by atoms with Gasteiger partial charge in [-0.15, -0.1) is 0 Å². The zero-order valence-corrected chi connectivity index (χ0v) is 22.1. The third-order valence-corrected chi connectivity index (χ3v) is 7.11. The van der Waals surface area contributed by atoms with E-state index in [9.17, 15) is 4.79 Å². The molecule has 0 bridgehead atoms. The van der Waals surface area contributed by atoms with E-state index >= 15 is 0 Å². The number of aromatic nitrogens is 2. The summed E-state index contributed by atoms with van der Waals surface area (Å²) in [7, 11) is 1.64. The Morgan fingerprint density at radius 2 is 1.79 bits per heavy atom. The summed E-state index contributed by atoms with van der Waals surface area (Å²) < 4.78 is 18.2. The molecule has 3 aromatic carbocycles. The van der Waals surface area contributed by atoms with Gasteiger partial charge in [-0.2, -0.15) is 0 Å². The number of nitrogens with zero attached hydrogens (tertiary/aromatic N) is 2. The predicted octanol–water partition coefficient (Wildman–Crippen LogP) is 6.31. The molecule has 5 aromatic rings. The molecule has 1 aliphatic heterocycles. The number of fused-ring (bicyclic) bond motifs is 2. The topological polar surface area (TPSA) is 74.1 Å². The van der Waals surface area contributed by atoms with Crippen LogP contribution in [0, 0.1) is 0 Å². The van der Waals surface area contributed by atoms with Crippen molar-refractivity contribution in [2.75, 3.05) is 13.9 Å². The Labute approximate surface area is 230 Å². The SMILES string of the molecule is COc1ccc(-c2nc3ccc(-c4ccccc4Cl)cn3c2CCC(=O)NCc2ccc3c(c2)OCO3)cc1. The van der Waals surface area contributed by atoms with Crippen LogP contribution in [0.15, 0.2) is 85.1 Å². The minimum Gasteiger partial charge on any atom is -0.497 e. The van der Waals surface area contributed by atoms with Crippen molar-refractivity contribution in [1.29, 1.82) is 0 Å². The van der Waals surface area contributed by atoms with Gasteiger partial charge in [0, 0.05) is 35.3 Å². The molecule has 3 heterocycles. The molecule has 0 fully saturated rings. The van der Waals surface area contributed by atoms with Crippen LogP contribution < -0.4 is 19.5 Å². The number of benzene rings is 3. The van der Waals surface area contributed by atoms with Crippen molar-refractivity contribution in [2.24, 2.45) is 0 Å². The smallest absolute Gasteiger partial charge is 0.231 e. The second-order valence-electron chi connectivity index (χ2n) is 9.23. The van der Waals surface area contributed by atoms with E-state index in [0.29, 0.717) is 30.2 Å². The molecule has 1 N–H and O–H groups in total. The highest BCUT2D eigenvalue weighted by Gasteiger charge is 2.18. The lowest BCUT2D eigenvalue weighted by atomic mass is 10.1. The maximum Gasteiger partial charge on any atom is 0.231 e. The molecular weight excluding hydrogens is 514 g/mol. The average molecular weight is 540 g/mol. The van der Waals surface area contributed by atoms with E-state index in [0.717, 1.165) is 50.8 Å². The quantitative estimate of drug-likeness (QED) is 0.250. The van der Waals surface area contributed by atoms with Gasteiger partial charge in [0.05, 0.1) is 18.5 Å². The molecule has 2 aromatic heterocycles. The molecule has 7 nitrogen and oxygen atoms in total. The molecule has 0 atom stereocenters. The summed E-state index contributed by atoms with van der Waals surface area (Å²) in [6, 6.07) is 25.2. The van der Waals surface area contributed by atoms with Gasteiger partial charge in [-0.05, 0) is 72.1 Å². The van der Waals surface area contributed by atoms with Crippen LogP contribution in [0.5, 0.6) is 17.2 Å². The first-order chi connectivity index (χ1) is 19.1. The van der Waals surface area contributed by atoms with Crippen LogP contribution in [-0.4, -0.2) is 29.2 Å². The summed E-state index contributed by atoms with van der Waals surface area (Å²) in [5, 5.41) is 3.70. The second-order valence-corrected chi connectivity index (χ2v) is 9.63. The van der Waals surface area contributed by atoms with Crippen molar-refractivity contribution in [2.45, 2.75) is 19.4 Å². The lowest BCUT2D eigenvalue weighted by Crippen LogP contribution is -2.23. The minimum absolute atomic E-state index is 0.0504. The van der Waals surface area contributed by atoms with Gasteiger partial charge in [0.2, 0.25) is 12.7 Å². The van der Waals surface area contributed by atoms with E-state index in [1.165, 1.54) is 0 Å². The average Bonchev–Trinajstić information content (AvgIpc) is 3.59. The van der Waals surface area contributed by atoms with Crippen LogP contribution in [0.1, 0.15) is 17.7 Å². The number of halogens is 1. The number of pyridine rings is 1. The zero-order chi connectivity index (χ0) is 26.8. The summed E-state index contributed by atoms with van der Waals surface area (Å²) in [4.78, 5) is 17.8. The fraction of sp³-hybridized carbons (Fsp3) is 0.161. The highest BCUT2D eigenvalue weighted by Crippen LogP contribution is 2.33. The summed E-state index contributed by atoms with van der Waals surface area (Å²) in [5.74, 6) is 2.14. The highest BCUT2D eigenvalue weighted by atomic mass is 35.5. The fourth-order valence-electron chi connectivity index (χ4n) is 4.74. The summed E-state index contributed by atoms with van der Waals surface area (Å²) >= 11 is 6.49. The molecule has 1 amide bonds. The van der Waals surface area contributed by atoms with E-state index in [4.69, 9.17) is 30.8 Å². The monoisotopic (exact) mass is 539 g/mol. The predicted molar refractivity (Wildman–Crippen MR) is 150 cm³/mol. The van der Waals surface area contributed by atoms with Crippen molar-refractivity contribution >= 4 is 23.2 Å². The maximum absolute atomic E-state index is 12.9. The molecule has 0 aliphatic carbocycles. The lowest BCUT2D eigenvalue weighted by Gasteiger charge is -2.10. The Morgan fingerprint density at radius 3 is 2.62 bits per heavy atom. The Kier molecular flexibility index (Phi) is 6.82. The number of imidazole rings is 1. The highest BCUT2D eigenvalue weighted by molar-refractivity contribution is 6.33. The van der Waals surface area contributed by atoms with E-state index < -0.39 is 0 Å². The molecule has 6 rings (SSSR count). The molecule has 0 saturated carbocycles. The van der Waals surface area contributed by atoms with Crippen molar-refractivity contribution in [3.05, 3.63) is 101 Å². The van der Waals surface area contributed by atoms with E-state index in [2.05, 4.69) is 9.72 Å². The number of ether oxygens (including phenoxy) is 3. The Balaban J connectivity index is 1.28. The Bertz CT molecular complexity index is 1660. The van der Waals surface area contributed by atoms with Gasteiger partial charge in [0.25, 0.3) is 0 Å². The molecule has 0 unspecified atom stereocenters. The molecule has 8 heteroatoms. The Morgan fingerprint density at radius 1 is 1.00 bits per heavy atom. The van der Waals surface area contributed by atoms with Crippen LogP contribution in [0.3, 0.4) is 0 Å². The molecular formula is C31H26ClN3O4. The summed E-state index contributed by atoms with van der Waals surface area (Å²) in [6.45, 7) is 0.629. The molecule has 0 spiro atoms. The fourth-order valence-corrected chi connectivity index (χ4v) is 4.98. The first kappa shape index (κ1) is 24.8. The third kappa shape index (κ3) is 5.13. The van der Waals surface area contributed by atoms with Crippen LogP contribution in [0.2, 0.25) is 5.02 Å². The van der Waals surface area contributed by atoms with Gasteiger partial charge in [0.15, 0.2) is 11.5 Å². The first-order valence-electron chi connectivity index (χ1n) is 12.6. The van der Waals surface area contributed by atoms with Crippen molar-refractivity contribution < 1.29 is 19.0 Å². The van der Waals surface area contributed by atoms with Gasteiger partial charge >= 0.3 is 0 Å². The molecule has 196 valence electrons. The normalized spacial score (nSPS) is 12.1. The number of methoxy groups -OCH3 is 1. The van der Waals surface area contributed by atoms with Gasteiger partial charge < -0.3 is 23.9 Å². The van der Waals surface area contributed by atoms with Crippen LogP contribution in [-0.2, 0) is 17.8 Å². The van der Waals surface area contributed by atoms with Crippen LogP contribution in [0.25, 0.3) is 28.0 Å². The third-order valence-electron chi connectivity index (χ3n) is 6.78. The number of carbonyl (C=O) groups is 1. The number of hydrogen-bond donors (Lipinski definition) is 1. The largest absolute Gasteiger partial charge is 0.497 e. The van der Waals surface area contributed by atoms with Gasteiger partial charge in [0.1, 0.15) is 11.4 Å². The van der Waals surface area contributed by atoms with Crippen molar-refractivity contribution in [1.82, 2.24) is 14.7 Å². The standard InChI is InChI=1S/C31H26ClN3O4/c1-37-23-10-7-21(8-11-23)31-26(12-15-30(36)33-17-20-6-13-27-28(16-20)39-19-38-27)35-18-22(9-14-29(35)34-31)24-4-2-3-5-25(24)32/h2-11,13-14,16,18H,12,15,17,19H2,1H3,(H,33,36). The number of amides is 1. The maximum atomic E-state index is 12.9. The molecule has 1 aliphatic rings. The Hall–Kier alpha value is -4.49. The number of rotatable bonds is 8. The number of carbonyl (C=O) groups excluding carboxylic acids is 1. The van der Waals surface area contributed by atoms with E-state index in [-0.39, 0.29) is 12.7 Å². The summed E-state index contributed by atoms with van der Waals surface area (Å²) in [5.41, 5.74) is 6.39. The lowest BCUT2D eigenvalue weighted by molar-refractivity contribution is -0.121. The van der Waals surface area contributed by atoms with E-state index in [1.807, 2.05) is 85.1 Å². The van der Waals surface area contributed by atoms with Crippen LogP contribution in [0.4, 0.5) is 0 Å². The number of nitrogens with one attached hydrogen (secondary N) is 1. The summed E-state index contributed by atoms with van der Waals surface area (Å²) in [6.07, 6.45) is 2.84. The van der Waals surface area contributed by atoms with Crippen molar-refractivity contribution in [3.63, 3.8) is 0 Å². The minimum atomic E-state index is -0.0504. The number of aryl methyl sites for hydroxylation is 1. The van der Waals surface area contributed by atoms with Crippen molar-refractivity contribution in [3.8, 4) is 39.6 Å². The zero-order valence-electron chi connectivity index (χ0n) is 21.3. The second kappa shape index (κ2) is 10.7. The molecule has 0 radical (unpaired) electrons. The first-order valence-corrected chi connectivity index (χ1v) is 13.0. The van der Waals surface area contributed by atoms with E-state index in [1.54, 1.807) is 7.11 Å².